The Kier molecular flexibility index (Phi) is 5.55. The molecule has 0 spiro atoms. The van der Waals surface area contributed by atoms with Crippen molar-refractivity contribution in [2.45, 2.75) is 44.2 Å². The van der Waals surface area contributed by atoms with Crippen LogP contribution in [0.25, 0.3) is 0 Å². The molecule has 28 heavy (non-hydrogen) atoms. The van der Waals surface area contributed by atoms with E-state index in [1.807, 2.05) is 24.0 Å². The fraction of sp³-hybridized carbons (Fsp3) is 0.591. The van der Waals surface area contributed by atoms with Gasteiger partial charge in [0.1, 0.15) is 0 Å². The highest BCUT2D eigenvalue weighted by Crippen LogP contribution is 2.50. The minimum atomic E-state index is -0.197. The molecule has 2 aliphatic heterocycles. The largest absolute Gasteiger partial charge is 0.325 e. The molecule has 2 heterocycles. The monoisotopic (exact) mass is 400 g/mol. The predicted octanol–water partition coefficient (Wildman–Crippen LogP) is 2.43. The number of benzene rings is 1. The highest BCUT2D eigenvalue weighted by Gasteiger charge is 2.40. The summed E-state index contributed by atoms with van der Waals surface area (Å²) in [4.78, 5) is 16.9. The number of nitrogens with zero attached hydrogens (tertiary/aromatic N) is 2. The van der Waals surface area contributed by atoms with E-state index in [0.717, 1.165) is 49.9 Å². The number of amides is 2. The Bertz CT molecular complexity index is 798. The van der Waals surface area contributed by atoms with Crippen molar-refractivity contribution in [3.05, 3.63) is 34.3 Å². The predicted molar refractivity (Wildman–Crippen MR) is 113 cm³/mol. The minimum Gasteiger partial charge on any atom is -0.325 e. The van der Waals surface area contributed by atoms with Gasteiger partial charge in [0.2, 0.25) is 0 Å². The molecule has 0 bridgehead atoms. The zero-order chi connectivity index (χ0) is 19.7. The number of carbonyl (C=O) groups is 1. The van der Waals surface area contributed by atoms with Gasteiger partial charge in [-0.25, -0.2) is 4.79 Å². The summed E-state index contributed by atoms with van der Waals surface area (Å²) >= 11 is 6.36. The Balaban J connectivity index is 1.30. The zero-order valence-corrected chi connectivity index (χ0v) is 17.5. The van der Waals surface area contributed by atoms with E-state index in [2.05, 4.69) is 40.4 Å². The van der Waals surface area contributed by atoms with Crippen molar-refractivity contribution in [1.29, 1.82) is 0 Å². The molecule has 4 rings (SSSR count). The first-order chi connectivity index (χ1) is 13.4. The first kappa shape index (κ1) is 19.6. The molecule has 3 aliphatic rings. The molecule has 1 aliphatic carbocycles. The van der Waals surface area contributed by atoms with Crippen molar-refractivity contribution in [2.75, 3.05) is 39.3 Å². The summed E-state index contributed by atoms with van der Waals surface area (Å²) in [6.45, 7) is 9.78. The third-order valence-corrected chi connectivity index (χ3v) is 6.60. The molecule has 2 saturated heterocycles. The SMILES string of the molecule is CC(C#Cc1ccc(Cl)c(C2(C)CC2)c1)NC(=O)N1CCN(C2CNC2)CC1. The molecule has 2 N–H and O–H groups in total. The normalized spacial score (nSPS) is 22.6. The van der Waals surface area contributed by atoms with Crippen LogP contribution in [0.1, 0.15) is 37.8 Å². The van der Waals surface area contributed by atoms with Gasteiger partial charge in [-0.15, -0.1) is 0 Å². The second-order valence-corrected chi connectivity index (χ2v) is 8.94. The molecular weight excluding hydrogens is 372 g/mol. The zero-order valence-electron chi connectivity index (χ0n) is 16.7. The fourth-order valence-electron chi connectivity index (χ4n) is 3.85. The first-order valence-electron chi connectivity index (χ1n) is 10.3. The number of piperazine rings is 1. The summed E-state index contributed by atoms with van der Waals surface area (Å²) in [5.41, 5.74) is 2.36. The molecular formula is C22H29ClN4O. The highest BCUT2D eigenvalue weighted by atomic mass is 35.5. The van der Waals surface area contributed by atoms with Crippen molar-refractivity contribution in [1.82, 2.24) is 20.4 Å². The maximum absolute atomic E-state index is 12.5. The summed E-state index contributed by atoms with van der Waals surface area (Å²) in [5, 5.41) is 7.15. The summed E-state index contributed by atoms with van der Waals surface area (Å²) in [7, 11) is 0. The van der Waals surface area contributed by atoms with Gasteiger partial charge in [-0.3, -0.25) is 4.90 Å². The van der Waals surface area contributed by atoms with Gasteiger partial charge in [0.05, 0.1) is 6.04 Å². The first-order valence-corrected chi connectivity index (χ1v) is 10.6. The van der Waals surface area contributed by atoms with Crippen LogP contribution in [0, 0.1) is 11.8 Å². The molecule has 1 unspecified atom stereocenters. The molecule has 1 aromatic carbocycles. The Morgan fingerprint density at radius 3 is 2.61 bits per heavy atom. The van der Waals surface area contributed by atoms with Gasteiger partial charge in [-0.05, 0) is 48.9 Å². The quantitative estimate of drug-likeness (QED) is 0.766. The number of rotatable bonds is 3. The van der Waals surface area contributed by atoms with E-state index in [0.29, 0.717) is 6.04 Å². The molecule has 0 aromatic heterocycles. The van der Waals surface area contributed by atoms with E-state index < -0.39 is 0 Å². The number of hydrogen-bond acceptors (Lipinski definition) is 3. The molecule has 1 atom stereocenters. The number of hydrogen-bond donors (Lipinski definition) is 2. The third-order valence-electron chi connectivity index (χ3n) is 6.27. The van der Waals surface area contributed by atoms with E-state index in [9.17, 15) is 4.79 Å². The van der Waals surface area contributed by atoms with Crippen molar-refractivity contribution >= 4 is 17.6 Å². The van der Waals surface area contributed by atoms with Gasteiger partial charge < -0.3 is 15.5 Å². The Morgan fingerprint density at radius 1 is 1.29 bits per heavy atom. The standard InChI is InChI=1S/C22H29ClN4O/c1-16(3-4-17-5-6-20(23)19(13-17)22(2)7-8-22)25-21(28)27-11-9-26(10-12-27)18-14-24-15-18/h5-6,13,16,18,24H,7-12,14-15H2,1-2H3,(H,25,28). The lowest BCUT2D eigenvalue weighted by atomic mass is 9.96. The number of nitrogens with one attached hydrogen (secondary N) is 2. The number of halogens is 1. The van der Waals surface area contributed by atoms with Crippen LogP contribution in [-0.4, -0.2) is 67.2 Å². The van der Waals surface area contributed by atoms with Crippen molar-refractivity contribution < 1.29 is 4.79 Å². The third kappa shape index (κ3) is 4.30. The van der Waals surface area contributed by atoms with Crippen LogP contribution in [-0.2, 0) is 5.41 Å². The summed E-state index contributed by atoms with van der Waals surface area (Å²) in [6, 6.07) is 6.42. The molecule has 0 radical (unpaired) electrons. The molecule has 1 saturated carbocycles. The molecule has 2 amide bonds. The van der Waals surface area contributed by atoms with Gasteiger partial charge in [-0.1, -0.05) is 30.4 Å². The highest BCUT2D eigenvalue weighted by molar-refractivity contribution is 6.31. The van der Waals surface area contributed by atoms with Crippen molar-refractivity contribution in [3.63, 3.8) is 0 Å². The number of urea groups is 1. The lowest BCUT2D eigenvalue weighted by molar-refractivity contribution is 0.0842. The Hall–Kier alpha value is -1.74. The molecule has 3 fully saturated rings. The minimum absolute atomic E-state index is 0.0181. The molecule has 5 nitrogen and oxygen atoms in total. The Labute approximate surface area is 172 Å². The van der Waals surface area contributed by atoms with E-state index in [1.165, 1.54) is 18.4 Å². The second kappa shape index (κ2) is 7.94. The average Bonchev–Trinajstić information content (AvgIpc) is 3.38. The molecule has 150 valence electrons. The number of carbonyl (C=O) groups excluding carboxylic acids is 1. The second-order valence-electron chi connectivity index (χ2n) is 8.53. The van der Waals surface area contributed by atoms with Gasteiger partial charge in [0, 0.05) is 55.9 Å². The maximum atomic E-state index is 12.5. The van der Waals surface area contributed by atoms with Crippen LogP contribution in [0.4, 0.5) is 4.79 Å². The van der Waals surface area contributed by atoms with Gasteiger partial charge in [0.25, 0.3) is 0 Å². The summed E-state index contributed by atoms with van der Waals surface area (Å²) in [6.07, 6.45) is 2.36. The lowest BCUT2D eigenvalue weighted by Gasteiger charge is -2.43. The van der Waals surface area contributed by atoms with Crippen LogP contribution in [0.3, 0.4) is 0 Å². The molecule has 6 heteroatoms. The average molecular weight is 401 g/mol. The van der Waals surface area contributed by atoms with Gasteiger partial charge in [0.15, 0.2) is 0 Å². The van der Waals surface area contributed by atoms with Crippen LogP contribution < -0.4 is 10.6 Å². The summed E-state index contributed by atoms with van der Waals surface area (Å²) < 4.78 is 0. The maximum Gasteiger partial charge on any atom is 0.318 e. The van der Waals surface area contributed by atoms with E-state index in [1.54, 1.807) is 0 Å². The lowest BCUT2D eigenvalue weighted by Crippen LogP contribution is -2.62. The van der Waals surface area contributed by atoms with Gasteiger partial charge in [-0.2, -0.15) is 0 Å². The van der Waals surface area contributed by atoms with Crippen molar-refractivity contribution in [2.24, 2.45) is 0 Å². The van der Waals surface area contributed by atoms with E-state index >= 15 is 0 Å². The topological polar surface area (TPSA) is 47.6 Å². The smallest absolute Gasteiger partial charge is 0.318 e. The Morgan fingerprint density at radius 2 is 2.00 bits per heavy atom. The van der Waals surface area contributed by atoms with Crippen LogP contribution in [0.2, 0.25) is 5.02 Å². The summed E-state index contributed by atoms with van der Waals surface area (Å²) in [5.74, 6) is 6.36. The fourth-order valence-corrected chi connectivity index (χ4v) is 4.19. The van der Waals surface area contributed by atoms with Crippen LogP contribution in [0.15, 0.2) is 18.2 Å². The van der Waals surface area contributed by atoms with Crippen molar-refractivity contribution in [3.8, 4) is 11.8 Å². The van der Waals surface area contributed by atoms with Gasteiger partial charge >= 0.3 is 6.03 Å². The van der Waals surface area contributed by atoms with Crippen LogP contribution >= 0.6 is 11.6 Å². The van der Waals surface area contributed by atoms with Crippen LogP contribution in [0.5, 0.6) is 0 Å². The van der Waals surface area contributed by atoms with E-state index in [4.69, 9.17) is 11.6 Å². The molecule has 1 aromatic rings. The van der Waals surface area contributed by atoms with E-state index in [-0.39, 0.29) is 17.5 Å².